The van der Waals surface area contributed by atoms with E-state index in [9.17, 15) is 13.2 Å². The number of nitrogens with one attached hydrogen (secondary N) is 1. The molecule has 1 aromatic rings. The van der Waals surface area contributed by atoms with Crippen LogP contribution >= 0.6 is 0 Å². The summed E-state index contributed by atoms with van der Waals surface area (Å²) in [5.41, 5.74) is 0.852. The smallest absolute Gasteiger partial charge is 0.331 e. The van der Waals surface area contributed by atoms with Gasteiger partial charge in [0.15, 0.2) is 0 Å². The van der Waals surface area contributed by atoms with Crippen LogP contribution in [0.15, 0.2) is 30.3 Å². The Labute approximate surface area is 201 Å². The number of esters is 1. The second kappa shape index (κ2) is 17.6. The fourth-order valence-electron chi connectivity index (χ4n) is 3.47. The zero-order valence-electron chi connectivity index (χ0n) is 20.7. The molecule has 0 bridgehead atoms. The number of sulfonamides is 1. The van der Waals surface area contributed by atoms with Crippen molar-refractivity contribution in [3.8, 4) is 5.75 Å². The third-order valence-corrected chi connectivity index (χ3v) is 6.97. The van der Waals surface area contributed by atoms with Gasteiger partial charge in [0.25, 0.3) is 0 Å². The lowest BCUT2D eigenvalue weighted by Crippen LogP contribution is -2.35. The van der Waals surface area contributed by atoms with Gasteiger partial charge in [-0.05, 0) is 43.5 Å². The van der Waals surface area contributed by atoms with Crippen molar-refractivity contribution in [2.75, 3.05) is 19.4 Å². The number of hydrogen-bond donors (Lipinski definition) is 1. The second-order valence-electron chi connectivity index (χ2n) is 8.39. The van der Waals surface area contributed by atoms with Crippen LogP contribution in [0.2, 0.25) is 0 Å². The summed E-state index contributed by atoms with van der Waals surface area (Å²) in [6, 6.07) is 7.33. The van der Waals surface area contributed by atoms with Gasteiger partial charge < -0.3 is 9.47 Å². The SMILES string of the molecule is CCCCCCCCCCCCC(CNS(=O)(=O)CC)OC(=O)/C=C/c1ccc(OC)cc1. The van der Waals surface area contributed by atoms with Gasteiger partial charge in [-0.25, -0.2) is 17.9 Å². The van der Waals surface area contributed by atoms with Crippen molar-refractivity contribution < 1.29 is 22.7 Å². The Balaban J connectivity index is 2.44. The molecule has 0 saturated carbocycles. The third-order valence-electron chi connectivity index (χ3n) is 5.60. The zero-order valence-corrected chi connectivity index (χ0v) is 21.5. The molecule has 0 saturated heterocycles. The molecule has 1 atom stereocenters. The zero-order chi connectivity index (χ0) is 24.4. The summed E-state index contributed by atoms with van der Waals surface area (Å²) in [5.74, 6) is 0.275. The lowest BCUT2D eigenvalue weighted by atomic mass is 10.0. The molecule has 33 heavy (non-hydrogen) atoms. The fraction of sp³-hybridized carbons (Fsp3) is 0.654. The average molecular weight is 482 g/mol. The molecular formula is C26H43NO5S. The van der Waals surface area contributed by atoms with Gasteiger partial charge in [0.05, 0.1) is 12.9 Å². The summed E-state index contributed by atoms with van der Waals surface area (Å²) in [7, 11) is -1.73. The lowest BCUT2D eigenvalue weighted by Gasteiger charge is -2.17. The van der Waals surface area contributed by atoms with Crippen LogP contribution in [0.1, 0.15) is 90.0 Å². The molecule has 6 nitrogen and oxygen atoms in total. The Morgan fingerprint density at radius 2 is 1.52 bits per heavy atom. The molecular weight excluding hydrogens is 438 g/mol. The van der Waals surface area contributed by atoms with Crippen molar-refractivity contribution in [2.24, 2.45) is 0 Å². The Bertz CT molecular complexity index is 774. The molecule has 188 valence electrons. The molecule has 1 rings (SSSR count). The molecule has 0 amide bonds. The third kappa shape index (κ3) is 14.8. The summed E-state index contributed by atoms with van der Waals surface area (Å²) >= 11 is 0. The minimum atomic E-state index is -3.34. The standard InChI is InChI=1S/C26H43NO5S/c1-4-6-7-8-9-10-11-12-13-14-15-25(22-27-33(29,30)5-2)32-26(28)21-18-23-16-19-24(31-3)20-17-23/h16-21,25,27H,4-15,22H2,1-3H3/b21-18+. The summed E-state index contributed by atoms with van der Waals surface area (Å²) in [6.07, 6.45) is 15.4. The maximum atomic E-state index is 12.3. The van der Waals surface area contributed by atoms with Crippen molar-refractivity contribution in [1.29, 1.82) is 0 Å². The molecule has 0 aliphatic rings. The van der Waals surface area contributed by atoms with Gasteiger partial charge >= 0.3 is 5.97 Å². The van der Waals surface area contributed by atoms with Crippen LogP contribution in [-0.2, 0) is 19.6 Å². The van der Waals surface area contributed by atoms with E-state index in [-0.39, 0.29) is 12.3 Å². The van der Waals surface area contributed by atoms with Gasteiger partial charge in [-0.2, -0.15) is 0 Å². The summed E-state index contributed by atoms with van der Waals surface area (Å²) < 4.78 is 36.9. The maximum Gasteiger partial charge on any atom is 0.331 e. The van der Waals surface area contributed by atoms with E-state index in [1.165, 1.54) is 51.0 Å². The van der Waals surface area contributed by atoms with Gasteiger partial charge in [0, 0.05) is 12.6 Å². The number of unbranched alkanes of at least 4 members (excludes halogenated alkanes) is 9. The molecule has 0 radical (unpaired) electrons. The number of benzene rings is 1. The quantitative estimate of drug-likeness (QED) is 0.152. The highest BCUT2D eigenvalue weighted by Gasteiger charge is 2.16. The predicted octanol–water partition coefficient (Wildman–Crippen LogP) is 5.87. The molecule has 0 aliphatic heterocycles. The summed E-state index contributed by atoms with van der Waals surface area (Å²) in [6.45, 7) is 3.92. The highest BCUT2D eigenvalue weighted by atomic mass is 32.2. The first kappa shape index (κ1) is 29.2. The molecule has 0 spiro atoms. The molecule has 0 fully saturated rings. The van der Waals surface area contributed by atoms with Crippen molar-refractivity contribution in [2.45, 2.75) is 90.6 Å². The van der Waals surface area contributed by atoms with Crippen molar-refractivity contribution in [1.82, 2.24) is 4.72 Å². The van der Waals surface area contributed by atoms with Crippen molar-refractivity contribution >= 4 is 22.1 Å². The number of carbonyl (C=O) groups excluding carboxylic acids is 1. The van der Waals surface area contributed by atoms with Crippen molar-refractivity contribution in [3.05, 3.63) is 35.9 Å². The van der Waals surface area contributed by atoms with Crippen LogP contribution in [0.4, 0.5) is 0 Å². The topological polar surface area (TPSA) is 81.7 Å². The molecule has 0 aliphatic carbocycles. The van der Waals surface area contributed by atoms with Crippen LogP contribution in [0.3, 0.4) is 0 Å². The Morgan fingerprint density at radius 3 is 2.06 bits per heavy atom. The molecule has 0 heterocycles. The summed E-state index contributed by atoms with van der Waals surface area (Å²) in [4.78, 5) is 12.3. The van der Waals surface area contributed by atoms with Crippen LogP contribution < -0.4 is 9.46 Å². The number of carbonyl (C=O) groups is 1. The van der Waals surface area contributed by atoms with E-state index in [0.717, 1.165) is 30.6 Å². The Hall–Kier alpha value is -1.86. The van der Waals surface area contributed by atoms with E-state index in [4.69, 9.17) is 9.47 Å². The van der Waals surface area contributed by atoms with E-state index in [1.807, 2.05) is 24.3 Å². The largest absolute Gasteiger partial charge is 0.497 e. The minimum absolute atomic E-state index is 0.00327. The molecule has 1 aromatic carbocycles. The molecule has 1 N–H and O–H groups in total. The Kier molecular flexibility index (Phi) is 15.6. The van der Waals surface area contributed by atoms with E-state index in [0.29, 0.717) is 6.42 Å². The van der Waals surface area contributed by atoms with Crippen LogP contribution in [0.5, 0.6) is 5.75 Å². The highest BCUT2D eigenvalue weighted by Crippen LogP contribution is 2.14. The molecule has 1 unspecified atom stereocenters. The van der Waals surface area contributed by atoms with E-state index in [2.05, 4.69) is 11.6 Å². The van der Waals surface area contributed by atoms with Crippen LogP contribution in [-0.4, -0.2) is 39.9 Å². The van der Waals surface area contributed by atoms with Gasteiger partial charge in [0.1, 0.15) is 11.9 Å². The molecule has 0 aromatic heterocycles. The first-order chi connectivity index (χ1) is 15.9. The first-order valence-corrected chi connectivity index (χ1v) is 14.1. The highest BCUT2D eigenvalue weighted by molar-refractivity contribution is 7.89. The van der Waals surface area contributed by atoms with Gasteiger partial charge in [-0.3, -0.25) is 0 Å². The fourth-order valence-corrected chi connectivity index (χ4v) is 4.11. The van der Waals surface area contributed by atoms with E-state index in [1.54, 1.807) is 20.1 Å². The number of methoxy groups -OCH3 is 1. The number of ether oxygens (including phenoxy) is 2. The normalized spacial score (nSPS) is 12.7. The van der Waals surface area contributed by atoms with Crippen molar-refractivity contribution in [3.63, 3.8) is 0 Å². The predicted molar refractivity (Wildman–Crippen MR) is 136 cm³/mol. The van der Waals surface area contributed by atoms with E-state index >= 15 is 0 Å². The minimum Gasteiger partial charge on any atom is -0.497 e. The number of hydrogen-bond acceptors (Lipinski definition) is 5. The van der Waals surface area contributed by atoms with Gasteiger partial charge in [-0.1, -0.05) is 76.8 Å². The van der Waals surface area contributed by atoms with Gasteiger partial charge in [-0.15, -0.1) is 0 Å². The average Bonchev–Trinajstić information content (AvgIpc) is 2.82. The lowest BCUT2D eigenvalue weighted by molar-refractivity contribution is -0.142. The second-order valence-corrected chi connectivity index (χ2v) is 10.5. The monoisotopic (exact) mass is 481 g/mol. The van der Waals surface area contributed by atoms with Crippen LogP contribution in [0.25, 0.3) is 6.08 Å². The first-order valence-electron chi connectivity index (χ1n) is 12.4. The maximum absolute atomic E-state index is 12.3. The Morgan fingerprint density at radius 1 is 0.939 bits per heavy atom. The van der Waals surface area contributed by atoms with Crippen LogP contribution in [0, 0.1) is 0 Å². The molecule has 7 heteroatoms. The summed E-state index contributed by atoms with van der Waals surface area (Å²) in [5, 5.41) is 0. The van der Waals surface area contributed by atoms with Gasteiger partial charge in [0.2, 0.25) is 10.0 Å². The number of rotatable bonds is 19. The van der Waals surface area contributed by atoms with E-state index < -0.39 is 22.1 Å².